The van der Waals surface area contributed by atoms with Gasteiger partial charge in [0.2, 0.25) is 0 Å². The molecule has 2 aliphatic carbocycles. The lowest BCUT2D eigenvalue weighted by Crippen LogP contribution is -2.47. The molecule has 0 radical (unpaired) electrons. The number of alkyl halides is 3. The number of aliphatic hydroxyl groups excluding tert-OH is 1. The highest BCUT2D eigenvalue weighted by atomic mass is 19.4. The van der Waals surface area contributed by atoms with Gasteiger partial charge in [-0.2, -0.15) is 13.2 Å². The van der Waals surface area contributed by atoms with Gasteiger partial charge in [-0.05, 0) is 37.0 Å². The second-order valence-electron chi connectivity index (χ2n) is 6.86. The van der Waals surface area contributed by atoms with E-state index in [0.717, 1.165) is 32.1 Å². The Hall–Kier alpha value is -0.290. The normalized spacial score (nSPS) is 31.7. The molecular weight excluding hydrogens is 255 g/mol. The monoisotopic (exact) mass is 279 g/mol. The van der Waals surface area contributed by atoms with Crippen molar-refractivity contribution < 1.29 is 18.3 Å². The van der Waals surface area contributed by atoms with Crippen LogP contribution >= 0.6 is 0 Å². The van der Waals surface area contributed by atoms with Crippen LogP contribution in [-0.2, 0) is 0 Å². The van der Waals surface area contributed by atoms with Crippen LogP contribution in [0.5, 0.6) is 0 Å². The number of hydrogen-bond acceptors (Lipinski definition) is 2. The fourth-order valence-electron chi connectivity index (χ4n) is 3.27. The number of hydrogen-bond donors (Lipinski definition) is 1. The van der Waals surface area contributed by atoms with Gasteiger partial charge in [-0.1, -0.05) is 20.3 Å². The number of aliphatic hydroxyl groups is 1. The molecule has 0 saturated heterocycles. The topological polar surface area (TPSA) is 23.5 Å². The van der Waals surface area contributed by atoms with E-state index in [1.54, 1.807) is 0 Å². The van der Waals surface area contributed by atoms with Crippen molar-refractivity contribution >= 4 is 0 Å². The van der Waals surface area contributed by atoms with Crippen LogP contribution in [0.25, 0.3) is 0 Å². The van der Waals surface area contributed by atoms with Gasteiger partial charge in [0.15, 0.2) is 0 Å². The van der Waals surface area contributed by atoms with E-state index >= 15 is 0 Å². The minimum atomic E-state index is -4.14. The Labute approximate surface area is 113 Å². The van der Waals surface area contributed by atoms with E-state index in [2.05, 4.69) is 0 Å². The van der Waals surface area contributed by atoms with Crippen LogP contribution in [0.15, 0.2) is 0 Å². The van der Waals surface area contributed by atoms with Gasteiger partial charge in [0.25, 0.3) is 0 Å². The molecule has 1 N–H and O–H groups in total. The van der Waals surface area contributed by atoms with Crippen LogP contribution in [0.4, 0.5) is 13.2 Å². The van der Waals surface area contributed by atoms with E-state index in [1.165, 1.54) is 4.90 Å². The number of rotatable bonds is 4. The lowest BCUT2D eigenvalue weighted by Gasteiger charge is -2.42. The van der Waals surface area contributed by atoms with Gasteiger partial charge >= 0.3 is 6.18 Å². The molecular formula is C14H24F3NO. The summed E-state index contributed by atoms with van der Waals surface area (Å²) in [7, 11) is 0. The Balaban J connectivity index is 1.97. The molecule has 2 aliphatic rings. The van der Waals surface area contributed by atoms with E-state index in [0.29, 0.717) is 6.54 Å². The first-order valence-corrected chi connectivity index (χ1v) is 7.18. The third-order valence-corrected chi connectivity index (χ3v) is 4.56. The van der Waals surface area contributed by atoms with Crippen molar-refractivity contribution in [1.82, 2.24) is 4.90 Å². The third kappa shape index (κ3) is 4.09. The highest BCUT2D eigenvalue weighted by Gasteiger charge is 2.43. The van der Waals surface area contributed by atoms with Gasteiger partial charge < -0.3 is 5.11 Å². The highest BCUT2D eigenvalue weighted by Crippen LogP contribution is 2.40. The summed E-state index contributed by atoms with van der Waals surface area (Å²) in [6, 6.07) is 0.0823. The molecule has 112 valence electrons. The molecule has 0 aromatic rings. The Kier molecular flexibility index (Phi) is 4.17. The molecule has 0 spiro atoms. The van der Waals surface area contributed by atoms with E-state index in [9.17, 15) is 18.3 Å². The summed E-state index contributed by atoms with van der Waals surface area (Å²) < 4.78 is 37.8. The fourth-order valence-corrected chi connectivity index (χ4v) is 3.27. The second-order valence-corrected chi connectivity index (χ2v) is 6.86. The number of nitrogens with zero attached hydrogens (tertiary/aromatic N) is 1. The third-order valence-electron chi connectivity index (χ3n) is 4.56. The van der Waals surface area contributed by atoms with E-state index < -0.39 is 18.8 Å². The van der Waals surface area contributed by atoms with Crippen LogP contribution < -0.4 is 0 Å². The lowest BCUT2D eigenvalue weighted by atomic mass is 9.69. The van der Waals surface area contributed by atoms with Crippen molar-refractivity contribution in [3.63, 3.8) is 0 Å². The SMILES string of the molecule is CC1(C)CCCC(CN(CC(F)(F)F)C2CC2)C1O. The van der Waals surface area contributed by atoms with Crippen molar-refractivity contribution in [1.29, 1.82) is 0 Å². The van der Waals surface area contributed by atoms with Crippen LogP contribution in [-0.4, -0.2) is 41.4 Å². The standard InChI is InChI=1S/C14H24F3NO/c1-13(2)7-3-4-10(12(13)19)8-18(11-5-6-11)9-14(15,16)17/h10-12,19H,3-9H2,1-2H3. The zero-order chi connectivity index (χ0) is 14.3. The average Bonchev–Trinajstić information content (AvgIpc) is 3.05. The Morgan fingerprint density at radius 1 is 1.21 bits per heavy atom. The Morgan fingerprint density at radius 3 is 2.37 bits per heavy atom. The van der Waals surface area contributed by atoms with E-state index in [-0.39, 0.29) is 17.4 Å². The van der Waals surface area contributed by atoms with Crippen LogP contribution in [0.1, 0.15) is 46.0 Å². The maximum Gasteiger partial charge on any atom is 0.401 e. The molecule has 2 rings (SSSR count). The van der Waals surface area contributed by atoms with Crippen LogP contribution in [0.2, 0.25) is 0 Å². The molecule has 0 bridgehead atoms. The second kappa shape index (κ2) is 5.24. The van der Waals surface area contributed by atoms with Crippen molar-refractivity contribution in [3.8, 4) is 0 Å². The zero-order valence-corrected chi connectivity index (χ0v) is 11.7. The molecule has 2 nitrogen and oxygen atoms in total. The molecule has 2 fully saturated rings. The first-order valence-electron chi connectivity index (χ1n) is 7.18. The van der Waals surface area contributed by atoms with Gasteiger partial charge in [-0.3, -0.25) is 4.90 Å². The molecule has 19 heavy (non-hydrogen) atoms. The Bertz CT molecular complexity index is 312. The first-order chi connectivity index (χ1) is 8.69. The molecule has 0 amide bonds. The van der Waals surface area contributed by atoms with Gasteiger partial charge in [0.05, 0.1) is 12.6 Å². The van der Waals surface area contributed by atoms with Crippen LogP contribution in [0.3, 0.4) is 0 Å². The van der Waals surface area contributed by atoms with E-state index in [1.807, 2.05) is 13.8 Å². The smallest absolute Gasteiger partial charge is 0.392 e. The maximum absolute atomic E-state index is 12.6. The van der Waals surface area contributed by atoms with Crippen molar-refractivity contribution in [2.24, 2.45) is 11.3 Å². The van der Waals surface area contributed by atoms with E-state index in [4.69, 9.17) is 0 Å². The van der Waals surface area contributed by atoms with Crippen molar-refractivity contribution in [3.05, 3.63) is 0 Å². The lowest BCUT2D eigenvalue weighted by molar-refractivity contribution is -0.152. The summed E-state index contributed by atoms with van der Waals surface area (Å²) in [5.74, 6) is -0.0216. The van der Waals surface area contributed by atoms with Crippen molar-refractivity contribution in [2.45, 2.75) is 64.3 Å². The molecule has 2 atom stereocenters. The average molecular weight is 279 g/mol. The minimum Gasteiger partial charge on any atom is -0.392 e. The van der Waals surface area contributed by atoms with Gasteiger partial charge in [0.1, 0.15) is 0 Å². The van der Waals surface area contributed by atoms with Gasteiger partial charge in [0, 0.05) is 12.6 Å². The predicted molar refractivity (Wildman–Crippen MR) is 67.8 cm³/mol. The summed E-state index contributed by atoms with van der Waals surface area (Å²) in [6.45, 7) is 3.57. The molecule has 0 aromatic carbocycles. The quantitative estimate of drug-likeness (QED) is 0.854. The molecule has 0 heterocycles. The first kappa shape index (κ1) is 15.1. The molecule has 0 aliphatic heterocycles. The summed E-state index contributed by atoms with van der Waals surface area (Å²) >= 11 is 0. The largest absolute Gasteiger partial charge is 0.401 e. The highest BCUT2D eigenvalue weighted by molar-refractivity contribution is 4.93. The molecule has 2 saturated carbocycles. The molecule has 2 unspecified atom stereocenters. The summed E-state index contributed by atoms with van der Waals surface area (Å²) in [5.41, 5.74) is -0.170. The van der Waals surface area contributed by atoms with Crippen LogP contribution in [0, 0.1) is 11.3 Å². The summed E-state index contributed by atoms with van der Waals surface area (Å²) in [6.07, 6.45) is -0.114. The molecule has 5 heteroatoms. The molecule has 0 aromatic heterocycles. The fraction of sp³-hybridized carbons (Fsp3) is 1.00. The Morgan fingerprint density at radius 2 is 1.84 bits per heavy atom. The minimum absolute atomic E-state index is 0.0216. The van der Waals surface area contributed by atoms with Gasteiger partial charge in [-0.25, -0.2) is 0 Å². The van der Waals surface area contributed by atoms with Gasteiger partial charge in [-0.15, -0.1) is 0 Å². The predicted octanol–water partition coefficient (Wildman–Crippen LogP) is 3.20. The summed E-state index contributed by atoms with van der Waals surface area (Å²) in [4.78, 5) is 1.54. The number of halogens is 3. The van der Waals surface area contributed by atoms with Crippen molar-refractivity contribution in [2.75, 3.05) is 13.1 Å². The maximum atomic E-state index is 12.6. The summed E-state index contributed by atoms with van der Waals surface area (Å²) in [5, 5.41) is 10.3. The zero-order valence-electron chi connectivity index (χ0n) is 11.7.